The van der Waals surface area contributed by atoms with E-state index in [-0.39, 0.29) is 31.0 Å². The van der Waals surface area contributed by atoms with Crippen molar-refractivity contribution in [2.24, 2.45) is 0 Å². The summed E-state index contributed by atoms with van der Waals surface area (Å²) in [5.41, 5.74) is 0.970. The third kappa shape index (κ3) is 5.60. The minimum atomic E-state index is -2.90. The van der Waals surface area contributed by atoms with E-state index >= 15 is 0 Å². The summed E-state index contributed by atoms with van der Waals surface area (Å²) in [5, 5.41) is 0. The molecule has 0 atom stereocenters. The molecule has 0 saturated carbocycles. The number of hydrogen-bond acceptors (Lipinski definition) is 4. The number of aryl methyl sites for hydroxylation is 1. The zero-order chi connectivity index (χ0) is 20.8. The van der Waals surface area contributed by atoms with Gasteiger partial charge in [-0.2, -0.15) is 8.78 Å². The summed E-state index contributed by atoms with van der Waals surface area (Å²) < 4.78 is 48.3. The van der Waals surface area contributed by atoms with E-state index in [1.54, 1.807) is 37.4 Å². The van der Waals surface area contributed by atoms with Crippen LogP contribution in [0.15, 0.2) is 59.1 Å². The van der Waals surface area contributed by atoms with Gasteiger partial charge in [-0.15, -0.1) is 0 Å². The van der Waals surface area contributed by atoms with Gasteiger partial charge >= 0.3 is 6.61 Å². The second kappa shape index (κ2) is 9.27. The first-order valence-corrected chi connectivity index (χ1v) is 8.89. The maximum Gasteiger partial charge on any atom is 0.387 e. The topological polar surface area (TPSA) is 55.6 Å². The third-order valence-electron chi connectivity index (χ3n) is 4.21. The highest BCUT2D eigenvalue weighted by atomic mass is 19.3. The number of ether oxygens (including phenoxy) is 1. The van der Waals surface area contributed by atoms with Crippen molar-refractivity contribution >= 4 is 5.91 Å². The molecule has 0 aliphatic heterocycles. The number of oxazole rings is 1. The average Bonchev–Trinajstić information content (AvgIpc) is 3.15. The van der Waals surface area contributed by atoms with Crippen LogP contribution in [0, 0.1) is 5.82 Å². The molecule has 0 spiro atoms. The number of hydrogen-bond donors (Lipinski definition) is 0. The maximum atomic E-state index is 13.8. The van der Waals surface area contributed by atoms with Gasteiger partial charge in [0, 0.05) is 26.4 Å². The second-order valence-corrected chi connectivity index (χ2v) is 6.37. The van der Waals surface area contributed by atoms with Crippen LogP contribution in [0.5, 0.6) is 5.75 Å². The molecule has 3 aromatic rings. The van der Waals surface area contributed by atoms with E-state index < -0.39 is 12.4 Å². The van der Waals surface area contributed by atoms with E-state index in [1.165, 1.54) is 29.3 Å². The van der Waals surface area contributed by atoms with Gasteiger partial charge < -0.3 is 14.1 Å². The summed E-state index contributed by atoms with van der Waals surface area (Å²) in [5.74, 6) is 0.0887. The van der Waals surface area contributed by atoms with E-state index in [0.717, 1.165) is 0 Å². The molecule has 1 heterocycles. The monoisotopic (exact) mass is 404 g/mol. The minimum Gasteiger partial charge on any atom is -0.441 e. The smallest absolute Gasteiger partial charge is 0.387 e. The molecule has 2 aromatic carbocycles. The van der Waals surface area contributed by atoms with E-state index in [4.69, 9.17) is 4.42 Å². The van der Waals surface area contributed by atoms with Crippen molar-refractivity contribution in [3.63, 3.8) is 0 Å². The first-order chi connectivity index (χ1) is 13.9. The van der Waals surface area contributed by atoms with Crippen molar-refractivity contribution in [3.05, 3.63) is 72.0 Å². The molecule has 0 bridgehead atoms. The van der Waals surface area contributed by atoms with Gasteiger partial charge in [0.1, 0.15) is 11.6 Å². The molecule has 1 amide bonds. The van der Waals surface area contributed by atoms with Gasteiger partial charge in [-0.3, -0.25) is 4.79 Å². The van der Waals surface area contributed by atoms with E-state index in [9.17, 15) is 18.0 Å². The van der Waals surface area contributed by atoms with Crippen LogP contribution in [0.2, 0.25) is 0 Å². The number of amides is 1. The molecule has 0 aliphatic carbocycles. The Bertz CT molecular complexity index is 975. The number of nitrogens with zero attached hydrogens (tertiary/aromatic N) is 2. The summed E-state index contributed by atoms with van der Waals surface area (Å²) >= 11 is 0. The molecular weight excluding hydrogens is 385 g/mol. The predicted molar refractivity (Wildman–Crippen MR) is 99.8 cm³/mol. The fraction of sp³-hybridized carbons (Fsp3) is 0.238. The molecule has 1 aromatic heterocycles. The van der Waals surface area contributed by atoms with Crippen molar-refractivity contribution in [1.82, 2.24) is 9.88 Å². The highest BCUT2D eigenvalue weighted by molar-refractivity contribution is 5.76. The van der Waals surface area contributed by atoms with Gasteiger partial charge in [-0.1, -0.05) is 24.3 Å². The van der Waals surface area contributed by atoms with Crippen LogP contribution in [-0.4, -0.2) is 29.5 Å². The summed E-state index contributed by atoms with van der Waals surface area (Å²) in [6.07, 6.45) is 1.82. The number of carbonyl (C=O) groups is 1. The molecule has 5 nitrogen and oxygen atoms in total. The van der Waals surface area contributed by atoms with Crippen LogP contribution < -0.4 is 4.74 Å². The summed E-state index contributed by atoms with van der Waals surface area (Å²) in [6, 6.07) is 12.4. The van der Waals surface area contributed by atoms with Crippen LogP contribution in [-0.2, 0) is 17.8 Å². The first kappa shape index (κ1) is 20.4. The fourth-order valence-electron chi connectivity index (χ4n) is 2.80. The third-order valence-corrected chi connectivity index (χ3v) is 4.21. The normalized spacial score (nSPS) is 10.9. The lowest BCUT2D eigenvalue weighted by Crippen LogP contribution is -2.26. The minimum absolute atomic E-state index is 0.0406. The lowest BCUT2D eigenvalue weighted by Gasteiger charge is -2.17. The molecule has 0 fully saturated rings. The van der Waals surface area contributed by atoms with Crippen LogP contribution in [0.1, 0.15) is 17.9 Å². The van der Waals surface area contributed by atoms with Gasteiger partial charge in [-0.25, -0.2) is 9.37 Å². The van der Waals surface area contributed by atoms with Crippen LogP contribution in [0.3, 0.4) is 0 Å². The standard InChI is InChI=1S/C21H19F3N2O3/c1-26(13-14-5-4-6-15(11-14)28-21(23)24)20(27)10-9-19-25-12-18(29-19)16-7-2-3-8-17(16)22/h2-8,11-12,21H,9-10,13H2,1H3. The van der Waals surface area contributed by atoms with E-state index in [1.807, 2.05) is 0 Å². The second-order valence-electron chi connectivity index (χ2n) is 6.37. The zero-order valence-electron chi connectivity index (χ0n) is 15.6. The average molecular weight is 404 g/mol. The molecule has 0 radical (unpaired) electrons. The van der Waals surface area contributed by atoms with Crippen molar-refractivity contribution < 1.29 is 27.1 Å². The highest BCUT2D eigenvalue weighted by Gasteiger charge is 2.14. The molecule has 0 saturated heterocycles. The SMILES string of the molecule is CN(Cc1cccc(OC(F)F)c1)C(=O)CCc1ncc(-c2ccccc2F)o1. The molecule has 0 aliphatic rings. The summed E-state index contributed by atoms with van der Waals surface area (Å²) in [6.45, 7) is -2.66. The predicted octanol–water partition coefficient (Wildman–Crippen LogP) is 4.67. The molecule has 3 rings (SSSR count). The molecule has 0 N–H and O–H groups in total. The Labute approximate surface area is 165 Å². The number of rotatable bonds is 8. The Morgan fingerprint density at radius 3 is 2.76 bits per heavy atom. The molecular formula is C21H19F3N2O3. The van der Waals surface area contributed by atoms with E-state index in [0.29, 0.717) is 22.8 Å². The molecule has 8 heteroatoms. The van der Waals surface area contributed by atoms with E-state index in [2.05, 4.69) is 9.72 Å². The lowest BCUT2D eigenvalue weighted by molar-refractivity contribution is -0.130. The molecule has 152 valence electrons. The Morgan fingerprint density at radius 1 is 1.21 bits per heavy atom. The van der Waals surface area contributed by atoms with Crippen molar-refractivity contribution in [2.75, 3.05) is 7.05 Å². The Kier molecular flexibility index (Phi) is 6.54. The Balaban J connectivity index is 1.55. The van der Waals surface area contributed by atoms with Gasteiger partial charge in [0.15, 0.2) is 11.7 Å². The Morgan fingerprint density at radius 2 is 2.00 bits per heavy atom. The van der Waals surface area contributed by atoms with Gasteiger partial charge in [0.2, 0.25) is 5.91 Å². The van der Waals surface area contributed by atoms with Gasteiger partial charge in [0.25, 0.3) is 0 Å². The zero-order valence-corrected chi connectivity index (χ0v) is 15.6. The van der Waals surface area contributed by atoms with Gasteiger partial charge in [-0.05, 0) is 29.8 Å². The summed E-state index contributed by atoms with van der Waals surface area (Å²) in [7, 11) is 1.61. The van der Waals surface area contributed by atoms with Crippen molar-refractivity contribution in [1.29, 1.82) is 0 Å². The number of benzene rings is 2. The number of carbonyl (C=O) groups excluding carboxylic acids is 1. The number of alkyl halides is 2. The van der Waals surface area contributed by atoms with Crippen LogP contribution in [0.4, 0.5) is 13.2 Å². The first-order valence-electron chi connectivity index (χ1n) is 8.89. The van der Waals surface area contributed by atoms with Crippen molar-refractivity contribution in [3.8, 4) is 17.1 Å². The number of halogens is 3. The summed E-state index contributed by atoms with van der Waals surface area (Å²) in [4.78, 5) is 17.9. The molecule has 29 heavy (non-hydrogen) atoms. The quantitative estimate of drug-likeness (QED) is 0.547. The van der Waals surface area contributed by atoms with Gasteiger partial charge in [0.05, 0.1) is 11.8 Å². The Hall–Kier alpha value is -3.29. The lowest BCUT2D eigenvalue weighted by atomic mass is 10.2. The van der Waals surface area contributed by atoms with Crippen LogP contribution in [0.25, 0.3) is 11.3 Å². The maximum absolute atomic E-state index is 13.8. The van der Waals surface area contributed by atoms with Crippen LogP contribution >= 0.6 is 0 Å². The van der Waals surface area contributed by atoms with Crippen molar-refractivity contribution in [2.45, 2.75) is 26.0 Å². The number of aromatic nitrogens is 1. The fourth-order valence-corrected chi connectivity index (χ4v) is 2.80. The molecule has 0 unspecified atom stereocenters. The highest BCUT2D eigenvalue weighted by Crippen LogP contribution is 2.24. The largest absolute Gasteiger partial charge is 0.441 e.